The highest BCUT2D eigenvalue weighted by Gasteiger charge is 2.08. The van der Waals surface area contributed by atoms with Crippen LogP contribution in [0.25, 0.3) is 0 Å². The van der Waals surface area contributed by atoms with Crippen LogP contribution in [0.5, 0.6) is 0 Å². The van der Waals surface area contributed by atoms with E-state index in [9.17, 15) is 4.79 Å². The Labute approximate surface area is 78.3 Å². The number of hydrogen-bond donors (Lipinski definition) is 1. The lowest BCUT2D eigenvalue weighted by Gasteiger charge is -1.94. The van der Waals surface area contributed by atoms with Crippen molar-refractivity contribution in [3.63, 3.8) is 0 Å². The van der Waals surface area contributed by atoms with Crippen molar-refractivity contribution in [3.05, 3.63) is 17.5 Å². The van der Waals surface area contributed by atoms with Gasteiger partial charge in [0.2, 0.25) is 0 Å². The smallest absolute Gasteiger partial charge is 0.358 e. The zero-order valence-electron chi connectivity index (χ0n) is 8.55. The predicted octanol–water partition coefficient (Wildman–Crippen LogP) is 1.92. The fourth-order valence-corrected chi connectivity index (χ4v) is 0.728. The van der Waals surface area contributed by atoms with E-state index in [2.05, 4.69) is 10.2 Å². The Morgan fingerprint density at radius 3 is 2.62 bits per heavy atom. The minimum Gasteiger partial charge on any atom is -0.461 e. The summed E-state index contributed by atoms with van der Waals surface area (Å²) in [4.78, 5) is 11.0. The number of carbonyl (C=O) groups is 1. The molecule has 0 radical (unpaired) electrons. The van der Waals surface area contributed by atoms with E-state index in [1.165, 1.54) is 0 Å². The lowest BCUT2D eigenvalue weighted by molar-refractivity contribution is 0.0519. The Balaban J connectivity index is 0.000000671. The molecule has 0 unspecified atom stereocenters. The lowest BCUT2D eigenvalue weighted by Crippen LogP contribution is -2.04. The molecule has 4 nitrogen and oxygen atoms in total. The van der Waals surface area contributed by atoms with Gasteiger partial charge in [-0.15, -0.1) is 0 Å². The number of nitrogens with one attached hydrogen (secondary N) is 1. The highest BCUT2D eigenvalue weighted by atomic mass is 16.5. The van der Waals surface area contributed by atoms with Crippen LogP contribution in [0, 0.1) is 6.92 Å². The maximum atomic E-state index is 11.0. The zero-order chi connectivity index (χ0) is 10.3. The van der Waals surface area contributed by atoms with Crippen molar-refractivity contribution < 1.29 is 9.53 Å². The van der Waals surface area contributed by atoms with Gasteiger partial charge < -0.3 is 4.74 Å². The van der Waals surface area contributed by atoms with E-state index >= 15 is 0 Å². The first-order valence-corrected chi connectivity index (χ1v) is 4.43. The van der Waals surface area contributed by atoms with E-state index in [4.69, 9.17) is 4.74 Å². The van der Waals surface area contributed by atoms with Crippen molar-refractivity contribution in [1.82, 2.24) is 10.2 Å². The van der Waals surface area contributed by atoms with Gasteiger partial charge in [-0.25, -0.2) is 4.79 Å². The van der Waals surface area contributed by atoms with Gasteiger partial charge in [-0.1, -0.05) is 13.8 Å². The molecule has 0 atom stereocenters. The summed E-state index contributed by atoms with van der Waals surface area (Å²) < 4.78 is 4.72. The van der Waals surface area contributed by atoms with Crippen LogP contribution in [-0.2, 0) is 4.74 Å². The van der Waals surface area contributed by atoms with Crippen LogP contribution in [0.4, 0.5) is 0 Å². The Morgan fingerprint density at radius 2 is 2.23 bits per heavy atom. The topological polar surface area (TPSA) is 55.0 Å². The fourth-order valence-electron chi connectivity index (χ4n) is 0.728. The van der Waals surface area contributed by atoms with Crippen LogP contribution < -0.4 is 0 Å². The number of ether oxygens (including phenoxy) is 1. The summed E-state index contributed by atoms with van der Waals surface area (Å²) in [6, 6.07) is 1.65. The van der Waals surface area contributed by atoms with Gasteiger partial charge >= 0.3 is 5.97 Å². The van der Waals surface area contributed by atoms with E-state index in [0.717, 1.165) is 5.69 Å². The highest BCUT2D eigenvalue weighted by Crippen LogP contribution is 1.99. The van der Waals surface area contributed by atoms with Crippen molar-refractivity contribution in [2.75, 3.05) is 6.61 Å². The van der Waals surface area contributed by atoms with Crippen LogP contribution in [0.3, 0.4) is 0 Å². The first-order valence-electron chi connectivity index (χ1n) is 4.43. The van der Waals surface area contributed by atoms with Crippen molar-refractivity contribution in [2.24, 2.45) is 0 Å². The van der Waals surface area contributed by atoms with Crippen molar-refractivity contribution in [2.45, 2.75) is 27.7 Å². The quantitative estimate of drug-likeness (QED) is 0.714. The SMILES string of the molecule is CC.CCOC(=O)c1cc(C)[nH]n1. The number of hydrogen-bond acceptors (Lipinski definition) is 3. The summed E-state index contributed by atoms with van der Waals surface area (Å²) in [5.41, 5.74) is 1.19. The van der Waals surface area contributed by atoms with Crippen molar-refractivity contribution in [1.29, 1.82) is 0 Å². The number of rotatable bonds is 2. The van der Waals surface area contributed by atoms with Gasteiger partial charge in [-0.2, -0.15) is 5.10 Å². The van der Waals surface area contributed by atoms with Gasteiger partial charge in [0, 0.05) is 5.69 Å². The molecule has 0 spiro atoms. The predicted molar refractivity (Wildman–Crippen MR) is 50.6 cm³/mol. The number of H-pyrrole nitrogens is 1. The summed E-state index contributed by atoms with van der Waals surface area (Å²) in [7, 11) is 0. The molecule has 13 heavy (non-hydrogen) atoms. The monoisotopic (exact) mass is 184 g/mol. The molecule has 0 saturated carbocycles. The van der Waals surface area contributed by atoms with Crippen molar-refractivity contribution in [3.8, 4) is 0 Å². The lowest BCUT2D eigenvalue weighted by atomic mass is 10.4. The van der Waals surface area contributed by atoms with E-state index in [0.29, 0.717) is 12.3 Å². The molecule has 0 saturated heterocycles. The van der Waals surface area contributed by atoms with Crippen LogP contribution in [0.15, 0.2) is 6.07 Å². The van der Waals surface area contributed by atoms with Gasteiger partial charge in [0.15, 0.2) is 5.69 Å². The number of aromatic amines is 1. The number of carbonyl (C=O) groups excluding carboxylic acids is 1. The first kappa shape index (κ1) is 11.7. The Morgan fingerprint density at radius 1 is 1.62 bits per heavy atom. The third kappa shape index (κ3) is 3.73. The largest absolute Gasteiger partial charge is 0.461 e. The van der Waals surface area contributed by atoms with Gasteiger partial charge in [0.25, 0.3) is 0 Å². The number of aromatic nitrogens is 2. The van der Waals surface area contributed by atoms with Gasteiger partial charge in [-0.05, 0) is 19.9 Å². The van der Waals surface area contributed by atoms with Gasteiger partial charge in [-0.3, -0.25) is 5.10 Å². The summed E-state index contributed by atoms with van der Waals surface area (Å²) >= 11 is 0. The van der Waals surface area contributed by atoms with Crippen LogP contribution in [-0.4, -0.2) is 22.8 Å². The molecule has 0 aliphatic rings. The summed E-state index contributed by atoms with van der Waals surface area (Å²) in [6.45, 7) is 7.97. The molecule has 1 heterocycles. The van der Waals surface area contributed by atoms with Crippen LogP contribution in [0.2, 0.25) is 0 Å². The minimum absolute atomic E-state index is 0.337. The second-order valence-electron chi connectivity index (χ2n) is 2.16. The molecule has 4 heteroatoms. The molecule has 0 aliphatic heterocycles. The van der Waals surface area contributed by atoms with Crippen LogP contribution >= 0.6 is 0 Å². The second-order valence-corrected chi connectivity index (χ2v) is 2.16. The normalized spacial score (nSPS) is 8.62. The number of nitrogens with zero attached hydrogens (tertiary/aromatic N) is 1. The average molecular weight is 184 g/mol. The van der Waals surface area contributed by atoms with Crippen LogP contribution in [0.1, 0.15) is 37.0 Å². The van der Waals surface area contributed by atoms with E-state index in [1.54, 1.807) is 13.0 Å². The molecule has 0 bridgehead atoms. The number of aryl methyl sites for hydroxylation is 1. The first-order chi connectivity index (χ1) is 6.24. The highest BCUT2D eigenvalue weighted by molar-refractivity contribution is 5.87. The third-order valence-electron chi connectivity index (χ3n) is 1.19. The molecule has 0 fully saturated rings. The van der Waals surface area contributed by atoms with Gasteiger partial charge in [0.05, 0.1) is 6.61 Å². The standard InChI is InChI=1S/C7H10N2O2.C2H6/c1-3-11-7(10)6-4-5(2)8-9-6;1-2/h4H,3H2,1-2H3,(H,8,9);1-2H3. The van der Waals surface area contributed by atoms with E-state index in [-0.39, 0.29) is 5.97 Å². The molecule has 74 valence electrons. The maximum Gasteiger partial charge on any atom is 0.358 e. The van der Waals surface area contributed by atoms with Gasteiger partial charge in [0.1, 0.15) is 0 Å². The average Bonchev–Trinajstić information content (AvgIpc) is 2.56. The maximum absolute atomic E-state index is 11.0. The van der Waals surface area contributed by atoms with E-state index < -0.39 is 0 Å². The summed E-state index contributed by atoms with van der Waals surface area (Å²) in [5.74, 6) is -0.378. The Kier molecular flexibility index (Phi) is 5.59. The van der Waals surface area contributed by atoms with E-state index in [1.807, 2.05) is 20.8 Å². The molecule has 0 amide bonds. The molecular weight excluding hydrogens is 168 g/mol. The molecule has 1 aromatic heterocycles. The summed E-state index contributed by atoms with van der Waals surface area (Å²) in [5, 5.41) is 6.39. The second kappa shape index (κ2) is 6.22. The molecule has 1 aromatic rings. The third-order valence-corrected chi connectivity index (χ3v) is 1.19. The van der Waals surface area contributed by atoms with Crippen molar-refractivity contribution >= 4 is 5.97 Å². The molecular formula is C9H16N2O2. The Bertz CT molecular complexity index is 256. The summed E-state index contributed by atoms with van der Waals surface area (Å²) in [6.07, 6.45) is 0. The molecule has 0 aromatic carbocycles. The number of esters is 1. The molecule has 1 rings (SSSR count). The minimum atomic E-state index is -0.378. The fraction of sp³-hybridized carbons (Fsp3) is 0.556. The molecule has 0 aliphatic carbocycles. The Hall–Kier alpha value is -1.32. The zero-order valence-corrected chi connectivity index (χ0v) is 8.55. The molecule has 1 N–H and O–H groups in total.